The second kappa shape index (κ2) is 10.4. The van der Waals surface area contributed by atoms with Gasteiger partial charge in [-0.05, 0) is 23.8 Å². The van der Waals surface area contributed by atoms with E-state index in [1.165, 1.54) is 44.2 Å². The maximum atomic E-state index is 13.2. The molecule has 5 aromatic heterocycles. The number of thiophene rings is 1. The van der Waals surface area contributed by atoms with Gasteiger partial charge in [0.25, 0.3) is 11.5 Å². The summed E-state index contributed by atoms with van der Waals surface area (Å²) in [5.41, 5.74) is 3.09. The van der Waals surface area contributed by atoms with E-state index in [-0.39, 0.29) is 18.0 Å². The number of thiazole rings is 1. The van der Waals surface area contributed by atoms with Crippen molar-refractivity contribution in [3.05, 3.63) is 103 Å². The molecule has 0 fully saturated rings. The van der Waals surface area contributed by atoms with Crippen molar-refractivity contribution in [2.75, 3.05) is 5.32 Å². The van der Waals surface area contributed by atoms with Crippen LogP contribution in [0.1, 0.15) is 25.9 Å². The third-order valence-corrected chi connectivity index (χ3v) is 7.19. The highest BCUT2D eigenvalue weighted by molar-refractivity contribution is 7.16. The summed E-state index contributed by atoms with van der Waals surface area (Å²) in [5, 5.41) is 7.89. The molecule has 5 rings (SSSR count). The normalized spacial score (nSPS) is 10.9. The Bertz CT molecular complexity index is 1590. The third kappa shape index (κ3) is 5.03. The van der Waals surface area contributed by atoms with Crippen LogP contribution in [0.4, 0.5) is 5.82 Å². The summed E-state index contributed by atoms with van der Waals surface area (Å²) in [6.07, 6.45) is 8.02. The van der Waals surface area contributed by atoms with Crippen LogP contribution in [-0.4, -0.2) is 35.2 Å². The van der Waals surface area contributed by atoms with E-state index in [4.69, 9.17) is 11.6 Å². The Morgan fingerprint density at radius 2 is 2.06 bits per heavy atom. The van der Waals surface area contributed by atoms with Gasteiger partial charge in [0, 0.05) is 41.2 Å². The Hall–Kier alpha value is -3.93. The second-order valence-corrected chi connectivity index (χ2v) is 10.2. The Morgan fingerprint density at radius 3 is 2.75 bits per heavy atom. The summed E-state index contributed by atoms with van der Waals surface area (Å²) in [5.74, 6) is 0.675. The van der Waals surface area contributed by atoms with Crippen LogP contribution in [0.3, 0.4) is 0 Å². The second-order valence-electron chi connectivity index (χ2n) is 7.53. The van der Waals surface area contributed by atoms with E-state index in [0.717, 1.165) is 4.88 Å². The quantitative estimate of drug-likeness (QED) is 0.308. The molecule has 0 saturated heterocycles. The molecule has 0 amide bonds. The van der Waals surface area contributed by atoms with Gasteiger partial charge in [0.1, 0.15) is 16.5 Å². The Kier molecular flexibility index (Phi) is 6.85. The van der Waals surface area contributed by atoms with E-state index in [1.54, 1.807) is 42.3 Å². The molecule has 0 spiro atoms. The molecule has 0 atom stereocenters. The van der Waals surface area contributed by atoms with Crippen molar-refractivity contribution in [2.45, 2.75) is 13.1 Å². The standard InChI is InChI=1S/C24H18ClN7O2S2/c1-2-15-8-23(33)31(13-21-27-6-3-7-28-21)12-17(15)18-9-22(29-10-16-4-5-20(25)36-16)32(30-18)24(34)19-11-26-14-35-19/h2-9,11-12,14,29H,1,10,13H2. The maximum absolute atomic E-state index is 13.2. The Morgan fingerprint density at radius 1 is 1.22 bits per heavy atom. The van der Waals surface area contributed by atoms with Crippen LogP contribution in [0.15, 0.2) is 72.0 Å². The molecule has 0 radical (unpaired) electrons. The number of hydrogen-bond donors (Lipinski definition) is 1. The minimum Gasteiger partial charge on any atom is -0.365 e. The summed E-state index contributed by atoms with van der Waals surface area (Å²) < 4.78 is 3.49. The first kappa shape index (κ1) is 23.8. The molecule has 5 aromatic rings. The number of halogens is 1. The lowest BCUT2D eigenvalue weighted by Crippen LogP contribution is -2.21. The van der Waals surface area contributed by atoms with Gasteiger partial charge < -0.3 is 9.88 Å². The molecule has 0 aliphatic carbocycles. The fraction of sp³-hybridized carbons (Fsp3) is 0.0833. The number of aromatic nitrogens is 6. The predicted molar refractivity (Wildman–Crippen MR) is 142 cm³/mol. The molecule has 1 N–H and O–H groups in total. The molecule has 0 aromatic carbocycles. The monoisotopic (exact) mass is 535 g/mol. The summed E-state index contributed by atoms with van der Waals surface area (Å²) >= 11 is 8.74. The number of carbonyl (C=O) groups excluding carboxylic acids is 1. The van der Waals surface area contributed by atoms with Gasteiger partial charge in [0.2, 0.25) is 0 Å². The molecule has 0 aliphatic rings. The van der Waals surface area contributed by atoms with Crippen molar-refractivity contribution in [3.63, 3.8) is 0 Å². The molecule has 9 nitrogen and oxygen atoms in total. The zero-order chi connectivity index (χ0) is 25.1. The highest BCUT2D eigenvalue weighted by Gasteiger charge is 2.20. The fourth-order valence-electron chi connectivity index (χ4n) is 3.50. The lowest BCUT2D eigenvalue weighted by molar-refractivity contribution is 0.0951. The zero-order valence-corrected chi connectivity index (χ0v) is 21.1. The minimum atomic E-state index is -0.318. The van der Waals surface area contributed by atoms with Gasteiger partial charge in [-0.2, -0.15) is 9.78 Å². The van der Waals surface area contributed by atoms with Crippen LogP contribution in [0, 0.1) is 0 Å². The van der Waals surface area contributed by atoms with Crippen LogP contribution >= 0.6 is 34.3 Å². The highest BCUT2D eigenvalue weighted by atomic mass is 35.5. The van der Waals surface area contributed by atoms with Gasteiger partial charge in [-0.15, -0.1) is 22.7 Å². The smallest absolute Gasteiger partial charge is 0.291 e. The minimum absolute atomic E-state index is 0.189. The molecule has 0 bridgehead atoms. The number of carbonyl (C=O) groups is 1. The molecule has 0 unspecified atom stereocenters. The first-order valence-corrected chi connectivity index (χ1v) is 12.7. The van der Waals surface area contributed by atoms with Crippen molar-refractivity contribution >= 4 is 52.1 Å². The van der Waals surface area contributed by atoms with Gasteiger partial charge in [-0.3, -0.25) is 14.6 Å². The summed E-state index contributed by atoms with van der Waals surface area (Å²) in [6, 6.07) is 8.71. The third-order valence-electron chi connectivity index (χ3n) is 5.20. The lowest BCUT2D eigenvalue weighted by Gasteiger charge is -2.09. The molecule has 5 heterocycles. The molecule has 0 aliphatic heterocycles. The average Bonchev–Trinajstić information content (AvgIpc) is 3.65. The fourth-order valence-corrected chi connectivity index (χ4v) is 5.07. The van der Waals surface area contributed by atoms with E-state index >= 15 is 0 Å². The number of rotatable bonds is 8. The highest BCUT2D eigenvalue weighted by Crippen LogP contribution is 2.28. The van der Waals surface area contributed by atoms with E-state index in [0.29, 0.717) is 44.2 Å². The van der Waals surface area contributed by atoms with Crippen LogP contribution in [-0.2, 0) is 13.1 Å². The summed E-state index contributed by atoms with van der Waals surface area (Å²) in [4.78, 5) is 39.8. The van der Waals surface area contributed by atoms with E-state index in [9.17, 15) is 9.59 Å². The number of pyridine rings is 1. The van der Waals surface area contributed by atoms with Crippen molar-refractivity contribution in [2.24, 2.45) is 0 Å². The first-order valence-electron chi connectivity index (χ1n) is 10.7. The van der Waals surface area contributed by atoms with Gasteiger partial charge in [-0.1, -0.05) is 24.3 Å². The number of anilines is 1. The lowest BCUT2D eigenvalue weighted by atomic mass is 10.1. The van der Waals surface area contributed by atoms with Gasteiger partial charge in [-0.25, -0.2) is 9.97 Å². The topological polar surface area (TPSA) is 108 Å². The van der Waals surface area contributed by atoms with Crippen LogP contribution in [0.25, 0.3) is 17.3 Å². The Balaban J connectivity index is 1.56. The predicted octanol–water partition coefficient (Wildman–Crippen LogP) is 4.67. The van der Waals surface area contributed by atoms with Crippen LogP contribution in [0.2, 0.25) is 4.34 Å². The van der Waals surface area contributed by atoms with Crippen LogP contribution in [0.5, 0.6) is 0 Å². The van der Waals surface area contributed by atoms with Crippen molar-refractivity contribution in [1.29, 1.82) is 0 Å². The van der Waals surface area contributed by atoms with Crippen molar-refractivity contribution in [3.8, 4) is 11.3 Å². The van der Waals surface area contributed by atoms with Crippen LogP contribution < -0.4 is 10.9 Å². The SMILES string of the molecule is C=Cc1cc(=O)n(Cc2ncccn2)cc1-c1cc(NCc2ccc(Cl)s2)n(C(=O)c2cncs2)n1. The van der Waals surface area contributed by atoms with Crippen molar-refractivity contribution < 1.29 is 4.79 Å². The van der Waals surface area contributed by atoms with Crippen molar-refractivity contribution in [1.82, 2.24) is 29.3 Å². The van der Waals surface area contributed by atoms with Gasteiger partial charge in [0.15, 0.2) is 0 Å². The maximum Gasteiger partial charge on any atom is 0.291 e. The average molecular weight is 536 g/mol. The van der Waals surface area contributed by atoms with E-state index in [2.05, 4.69) is 31.9 Å². The zero-order valence-electron chi connectivity index (χ0n) is 18.7. The number of nitrogens with one attached hydrogen (secondary N) is 1. The molecular weight excluding hydrogens is 518 g/mol. The molecule has 0 saturated carbocycles. The molecule has 180 valence electrons. The summed E-state index contributed by atoms with van der Waals surface area (Å²) in [7, 11) is 0. The molecule has 12 heteroatoms. The summed E-state index contributed by atoms with van der Waals surface area (Å²) in [6.45, 7) is 4.49. The van der Waals surface area contributed by atoms with E-state index in [1.807, 2.05) is 12.1 Å². The van der Waals surface area contributed by atoms with Gasteiger partial charge in [0.05, 0.1) is 34.8 Å². The van der Waals surface area contributed by atoms with Gasteiger partial charge >= 0.3 is 0 Å². The molecular formula is C24H18ClN7O2S2. The largest absolute Gasteiger partial charge is 0.365 e. The Labute approximate surface area is 218 Å². The van der Waals surface area contributed by atoms with E-state index < -0.39 is 0 Å². The number of hydrogen-bond acceptors (Lipinski definition) is 9. The first-order chi connectivity index (χ1) is 17.5. The molecule has 36 heavy (non-hydrogen) atoms. The number of nitrogens with zero attached hydrogens (tertiary/aromatic N) is 6.